The molecular weight excluding hydrogens is 506 g/mol. The van der Waals surface area contributed by atoms with Crippen molar-refractivity contribution in [3.8, 4) is 17.1 Å². The number of ether oxygens (including phenoxy) is 1. The lowest BCUT2D eigenvalue weighted by Gasteiger charge is -2.37. The monoisotopic (exact) mass is 549 g/mol. The van der Waals surface area contributed by atoms with Crippen LogP contribution in [0.2, 0.25) is 0 Å². The van der Waals surface area contributed by atoms with Crippen molar-refractivity contribution in [2.24, 2.45) is 0 Å². The lowest BCUT2D eigenvalue weighted by atomic mass is 9.96. The summed E-state index contributed by atoms with van der Waals surface area (Å²) in [6.07, 6.45) is 3.75. The number of pyridine rings is 1. The number of anilines is 2. The van der Waals surface area contributed by atoms with Gasteiger partial charge in [-0.1, -0.05) is 64.1 Å². The Morgan fingerprint density at radius 3 is 2.17 bits per heavy atom. The van der Waals surface area contributed by atoms with Crippen molar-refractivity contribution in [1.82, 2.24) is 15.0 Å². The smallest absolute Gasteiger partial charge is 0.162 e. The van der Waals surface area contributed by atoms with Crippen LogP contribution in [0.1, 0.15) is 67.1 Å². The molecule has 0 atom stereocenters. The minimum absolute atomic E-state index is 0.431. The number of aryl methyl sites for hydroxylation is 4. The molecule has 4 aromatic rings. The zero-order valence-corrected chi connectivity index (χ0v) is 25.4. The predicted molar refractivity (Wildman–Crippen MR) is 169 cm³/mol. The topological polar surface area (TPSA) is 54.4 Å². The molecule has 6 heteroatoms. The molecule has 0 saturated carbocycles. The van der Waals surface area contributed by atoms with Crippen LogP contribution < -0.4 is 14.5 Å². The van der Waals surface area contributed by atoms with E-state index in [1.807, 2.05) is 12.3 Å². The van der Waals surface area contributed by atoms with Gasteiger partial charge in [0.15, 0.2) is 5.82 Å². The van der Waals surface area contributed by atoms with Crippen molar-refractivity contribution >= 4 is 11.6 Å². The van der Waals surface area contributed by atoms with Crippen molar-refractivity contribution in [2.75, 3.05) is 36.0 Å². The highest BCUT2D eigenvalue weighted by atomic mass is 16.5. The molecule has 1 aliphatic heterocycles. The summed E-state index contributed by atoms with van der Waals surface area (Å²) >= 11 is 0. The van der Waals surface area contributed by atoms with Gasteiger partial charge in [0.05, 0.1) is 11.3 Å². The number of rotatable bonds is 9. The Morgan fingerprint density at radius 1 is 0.829 bits per heavy atom. The summed E-state index contributed by atoms with van der Waals surface area (Å²) < 4.78 is 6.52. The summed E-state index contributed by atoms with van der Waals surface area (Å²) in [5, 5.41) is 0. The Morgan fingerprint density at radius 2 is 1.54 bits per heavy atom. The van der Waals surface area contributed by atoms with Crippen LogP contribution in [0.25, 0.3) is 11.4 Å². The minimum Gasteiger partial charge on any atom is -0.488 e. The van der Waals surface area contributed by atoms with E-state index in [1.54, 1.807) is 0 Å². The fourth-order valence-corrected chi connectivity index (χ4v) is 5.62. The molecule has 0 unspecified atom stereocenters. The molecule has 0 amide bonds. The quantitative estimate of drug-likeness (QED) is 0.218. The van der Waals surface area contributed by atoms with Crippen LogP contribution in [0.4, 0.5) is 11.6 Å². The molecule has 3 heterocycles. The number of benzene rings is 2. The van der Waals surface area contributed by atoms with Gasteiger partial charge in [0.1, 0.15) is 24.0 Å². The van der Waals surface area contributed by atoms with Crippen molar-refractivity contribution < 1.29 is 4.74 Å². The second-order valence-electron chi connectivity index (χ2n) is 11.2. The third-order valence-corrected chi connectivity index (χ3v) is 8.22. The Balaban J connectivity index is 1.52. The minimum atomic E-state index is 0.431. The maximum Gasteiger partial charge on any atom is 0.162 e. The zero-order chi connectivity index (χ0) is 28.9. The van der Waals surface area contributed by atoms with E-state index in [0.717, 1.165) is 79.1 Å². The Bertz CT molecular complexity index is 1450. The van der Waals surface area contributed by atoms with E-state index in [0.29, 0.717) is 12.5 Å². The second kappa shape index (κ2) is 12.7. The molecule has 1 fully saturated rings. The van der Waals surface area contributed by atoms with Crippen molar-refractivity contribution in [2.45, 2.75) is 66.9 Å². The first-order chi connectivity index (χ1) is 19.9. The van der Waals surface area contributed by atoms with Crippen LogP contribution >= 0.6 is 0 Å². The first-order valence-corrected chi connectivity index (χ1v) is 15.0. The molecule has 0 radical (unpaired) electrons. The number of nitrogens with zero attached hydrogens (tertiary/aromatic N) is 5. The van der Waals surface area contributed by atoms with Crippen LogP contribution in [-0.2, 0) is 19.4 Å². The lowest BCUT2D eigenvalue weighted by molar-refractivity contribution is 0.302. The van der Waals surface area contributed by atoms with Crippen LogP contribution in [-0.4, -0.2) is 41.1 Å². The molecule has 1 aliphatic rings. The first kappa shape index (κ1) is 28.6. The summed E-state index contributed by atoms with van der Waals surface area (Å²) in [4.78, 5) is 19.8. The number of hydrogen-bond donors (Lipinski definition) is 0. The zero-order valence-electron chi connectivity index (χ0n) is 25.4. The normalized spacial score (nSPS) is 13.6. The highest BCUT2D eigenvalue weighted by molar-refractivity contribution is 5.68. The summed E-state index contributed by atoms with van der Waals surface area (Å²) in [7, 11) is 0. The molecule has 0 spiro atoms. The van der Waals surface area contributed by atoms with Crippen molar-refractivity contribution in [3.63, 3.8) is 0 Å². The maximum atomic E-state index is 6.52. The predicted octanol–water partition coefficient (Wildman–Crippen LogP) is 7.31. The van der Waals surface area contributed by atoms with Gasteiger partial charge in [-0.25, -0.2) is 15.0 Å². The molecule has 0 bridgehead atoms. The Hall–Kier alpha value is -3.93. The molecule has 2 aromatic carbocycles. The molecule has 214 valence electrons. The van der Waals surface area contributed by atoms with Gasteiger partial charge >= 0.3 is 0 Å². The maximum absolute atomic E-state index is 6.52. The molecule has 41 heavy (non-hydrogen) atoms. The number of aromatic nitrogens is 3. The van der Waals surface area contributed by atoms with Gasteiger partial charge in [-0.3, -0.25) is 0 Å². The van der Waals surface area contributed by atoms with Gasteiger partial charge in [-0.15, -0.1) is 0 Å². The third kappa shape index (κ3) is 6.22. The van der Waals surface area contributed by atoms with E-state index in [2.05, 4.69) is 105 Å². The number of hydrogen-bond acceptors (Lipinski definition) is 6. The molecule has 1 saturated heterocycles. The van der Waals surface area contributed by atoms with Crippen LogP contribution in [0.3, 0.4) is 0 Å². The van der Waals surface area contributed by atoms with Gasteiger partial charge in [-0.05, 0) is 73.1 Å². The van der Waals surface area contributed by atoms with Crippen molar-refractivity contribution in [1.29, 1.82) is 0 Å². The van der Waals surface area contributed by atoms with Crippen LogP contribution in [0.15, 0.2) is 60.8 Å². The van der Waals surface area contributed by atoms with Gasteiger partial charge in [0, 0.05) is 37.9 Å². The van der Waals surface area contributed by atoms with E-state index >= 15 is 0 Å². The Labute approximate surface area is 245 Å². The highest BCUT2D eigenvalue weighted by Gasteiger charge is 2.25. The molecular formula is C35H43N5O. The lowest BCUT2D eigenvalue weighted by Crippen LogP contribution is -2.47. The fourth-order valence-electron chi connectivity index (χ4n) is 5.62. The number of piperazine rings is 1. The van der Waals surface area contributed by atoms with E-state index < -0.39 is 0 Å². The van der Waals surface area contributed by atoms with Crippen LogP contribution in [0.5, 0.6) is 5.75 Å². The summed E-state index contributed by atoms with van der Waals surface area (Å²) in [6, 6.07) is 19.2. The SMILES string of the molecule is CCc1cccc(CC)c1-c1nc(C)c(COc2cc(C(C)C)ccc2C)c(N2CCN(c3ccccn3)CC2)n1. The Kier molecular flexibility index (Phi) is 8.87. The average molecular weight is 550 g/mol. The second-order valence-corrected chi connectivity index (χ2v) is 11.2. The van der Waals surface area contributed by atoms with Gasteiger partial charge < -0.3 is 14.5 Å². The largest absolute Gasteiger partial charge is 0.488 e. The van der Waals surface area contributed by atoms with E-state index in [9.17, 15) is 0 Å². The van der Waals surface area contributed by atoms with Crippen molar-refractivity contribution in [3.05, 3.63) is 94.3 Å². The fraction of sp³-hybridized carbons (Fsp3) is 0.400. The average Bonchev–Trinajstić information content (AvgIpc) is 3.00. The standard InChI is InChI=1S/C35H43N5O/c1-7-27-12-11-13-28(8-2)33(27)34-37-26(6)30(23-41-31-22-29(24(3)4)16-15-25(31)5)35(38-34)40-20-18-39(19-21-40)32-14-9-10-17-36-32/h9-17,22,24H,7-8,18-21,23H2,1-6H3. The summed E-state index contributed by atoms with van der Waals surface area (Å²) in [6.45, 7) is 17.0. The van der Waals surface area contributed by atoms with Gasteiger partial charge in [0.2, 0.25) is 0 Å². The van der Waals surface area contributed by atoms with E-state index in [1.165, 1.54) is 22.3 Å². The summed E-state index contributed by atoms with van der Waals surface area (Å²) in [5.74, 6) is 4.20. The van der Waals surface area contributed by atoms with Gasteiger partial charge in [0.25, 0.3) is 0 Å². The highest BCUT2D eigenvalue weighted by Crippen LogP contribution is 2.33. The first-order valence-electron chi connectivity index (χ1n) is 15.0. The summed E-state index contributed by atoms with van der Waals surface area (Å²) in [5.41, 5.74) is 8.22. The molecule has 0 aliphatic carbocycles. The van der Waals surface area contributed by atoms with E-state index in [4.69, 9.17) is 14.7 Å². The molecule has 6 nitrogen and oxygen atoms in total. The van der Waals surface area contributed by atoms with E-state index in [-0.39, 0.29) is 0 Å². The third-order valence-electron chi connectivity index (χ3n) is 8.22. The van der Waals surface area contributed by atoms with Crippen LogP contribution in [0, 0.1) is 13.8 Å². The van der Waals surface area contributed by atoms with Gasteiger partial charge in [-0.2, -0.15) is 0 Å². The molecule has 2 aromatic heterocycles. The molecule has 0 N–H and O–H groups in total. The molecule has 5 rings (SSSR count).